The normalized spacial score (nSPS) is 15.9. The zero-order valence-electron chi connectivity index (χ0n) is 9.90. The van der Waals surface area contributed by atoms with Gasteiger partial charge in [-0.1, -0.05) is 16.8 Å². The molecule has 2 aromatic rings. The Balaban J connectivity index is 1.93. The van der Waals surface area contributed by atoms with Gasteiger partial charge in [-0.05, 0) is 24.3 Å². The average molecular weight is 264 g/mol. The molecule has 4 nitrogen and oxygen atoms in total. The molecule has 18 heavy (non-hydrogen) atoms. The fourth-order valence-corrected chi connectivity index (χ4v) is 2.29. The van der Waals surface area contributed by atoms with Gasteiger partial charge in [-0.3, -0.25) is 0 Å². The third-order valence-electron chi connectivity index (χ3n) is 3.12. The van der Waals surface area contributed by atoms with Crippen LogP contribution in [-0.2, 0) is 0 Å². The molecule has 0 aliphatic carbocycles. The predicted octanol–water partition coefficient (Wildman–Crippen LogP) is 2.40. The fourth-order valence-electron chi connectivity index (χ4n) is 2.17. The first-order valence-electron chi connectivity index (χ1n) is 6.01. The van der Waals surface area contributed by atoms with Crippen molar-refractivity contribution in [2.45, 2.75) is 0 Å². The summed E-state index contributed by atoms with van der Waals surface area (Å²) in [5, 5.41) is 7.98. The number of benzene rings is 1. The molecular formula is C13H14ClN3O. The SMILES string of the molecule is Clc1ccc(-c2oncc2N2CCNCC2)cc1. The number of nitrogens with zero attached hydrogens (tertiary/aromatic N) is 2. The van der Waals surface area contributed by atoms with Crippen LogP contribution in [0.4, 0.5) is 5.69 Å². The summed E-state index contributed by atoms with van der Waals surface area (Å²) in [6, 6.07) is 7.63. The minimum absolute atomic E-state index is 0.724. The van der Waals surface area contributed by atoms with Crippen LogP contribution in [0, 0.1) is 0 Å². The largest absolute Gasteiger partial charge is 0.365 e. The van der Waals surface area contributed by atoms with Gasteiger partial charge in [0.25, 0.3) is 0 Å². The van der Waals surface area contributed by atoms with Crippen molar-refractivity contribution in [1.82, 2.24) is 10.5 Å². The first-order valence-corrected chi connectivity index (χ1v) is 6.39. The Kier molecular flexibility index (Phi) is 3.21. The summed E-state index contributed by atoms with van der Waals surface area (Å²) in [6.45, 7) is 3.93. The van der Waals surface area contributed by atoms with Crippen molar-refractivity contribution < 1.29 is 4.52 Å². The number of nitrogens with one attached hydrogen (secondary N) is 1. The van der Waals surface area contributed by atoms with Gasteiger partial charge in [0.1, 0.15) is 5.69 Å². The molecule has 1 N–H and O–H groups in total. The molecule has 0 atom stereocenters. The highest BCUT2D eigenvalue weighted by Gasteiger charge is 2.18. The maximum Gasteiger partial charge on any atom is 0.190 e. The number of aromatic nitrogens is 1. The van der Waals surface area contributed by atoms with Crippen molar-refractivity contribution in [2.24, 2.45) is 0 Å². The molecular weight excluding hydrogens is 250 g/mol. The highest BCUT2D eigenvalue weighted by molar-refractivity contribution is 6.30. The number of piperazine rings is 1. The third kappa shape index (κ3) is 2.21. The minimum atomic E-state index is 0.724. The summed E-state index contributed by atoms with van der Waals surface area (Å²) in [6.07, 6.45) is 1.79. The lowest BCUT2D eigenvalue weighted by atomic mass is 10.1. The number of hydrogen-bond acceptors (Lipinski definition) is 4. The van der Waals surface area contributed by atoms with Gasteiger partial charge in [-0.15, -0.1) is 0 Å². The quantitative estimate of drug-likeness (QED) is 0.903. The summed E-state index contributed by atoms with van der Waals surface area (Å²) < 4.78 is 5.39. The first kappa shape index (κ1) is 11.6. The van der Waals surface area contributed by atoms with Gasteiger partial charge in [-0.25, -0.2) is 0 Å². The topological polar surface area (TPSA) is 41.3 Å². The highest BCUT2D eigenvalue weighted by atomic mass is 35.5. The van der Waals surface area contributed by atoms with Crippen LogP contribution in [0.2, 0.25) is 5.02 Å². The Morgan fingerprint density at radius 3 is 2.61 bits per heavy atom. The second-order valence-electron chi connectivity index (χ2n) is 4.28. The van der Waals surface area contributed by atoms with Crippen LogP contribution in [-0.4, -0.2) is 31.3 Å². The van der Waals surface area contributed by atoms with E-state index in [1.807, 2.05) is 24.3 Å². The van der Waals surface area contributed by atoms with E-state index in [0.29, 0.717) is 0 Å². The Labute approximate surface area is 111 Å². The van der Waals surface area contributed by atoms with Gasteiger partial charge in [0.2, 0.25) is 0 Å². The van der Waals surface area contributed by atoms with E-state index in [4.69, 9.17) is 16.1 Å². The van der Waals surface area contributed by atoms with Crippen LogP contribution in [0.1, 0.15) is 0 Å². The molecule has 0 spiro atoms. The molecule has 1 saturated heterocycles. The van der Waals surface area contributed by atoms with Gasteiger partial charge in [0, 0.05) is 36.8 Å². The lowest BCUT2D eigenvalue weighted by molar-refractivity contribution is 0.432. The molecule has 1 fully saturated rings. The number of hydrogen-bond donors (Lipinski definition) is 1. The maximum absolute atomic E-state index is 5.90. The van der Waals surface area contributed by atoms with Crippen LogP contribution in [0.5, 0.6) is 0 Å². The Bertz CT molecular complexity index is 517. The first-order chi connectivity index (χ1) is 8.84. The third-order valence-corrected chi connectivity index (χ3v) is 3.37. The van der Waals surface area contributed by atoms with Crippen molar-refractivity contribution in [1.29, 1.82) is 0 Å². The van der Waals surface area contributed by atoms with Crippen LogP contribution in [0.15, 0.2) is 35.0 Å². The van der Waals surface area contributed by atoms with Gasteiger partial charge >= 0.3 is 0 Å². The molecule has 1 aromatic carbocycles. The zero-order valence-corrected chi connectivity index (χ0v) is 10.7. The van der Waals surface area contributed by atoms with Crippen LogP contribution in [0.3, 0.4) is 0 Å². The van der Waals surface area contributed by atoms with E-state index in [2.05, 4.69) is 15.4 Å². The molecule has 94 valence electrons. The smallest absolute Gasteiger partial charge is 0.190 e. The monoisotopic (exact) mass is 263 g/mol. The second-order valence-corrected chi connectivity index (χ2v) is 4.72. The van der Waals surface area contributed by atoms with Gasteiger partial charge < -0.3 is 14.7 Å². The molecule has 1 aliphatic rings. The van der Waals surface area contributed by atoms with E-state index in [1.165, 1.54) is 0 Å². The van der Waals surface area contributed by atoms with Crippen molar-refractivity contribution >= 4 is 17.3 Å². The lowest BCUT2D eigenvalue weighted by Crippen LogP contribution is -2.43. The summed E-state index contributed by atoms with van der Waals surface area (Å²) in [5.74, 6) is 0.813. The van der Waals surface area contributed by atoms with Crippen LogP contribution >= 0.6 is 11.6 Å². The number of anilines is 1. The summed E-state index contributed by atoms with van der Waals surface area (Å²) in [5.41, 5.74) is 2.06. The van der Waals surface area contributed by atoms with Gasteiger partial charge in [-0.2, -0.15) is 0 Å². The van der Waals surface area contributed by atoms with Crippen molar-refractivity contribution in [3.05, 3.63) is 35.5 Å². The van der Waals surface area contributed by atoms with Crippen molar-refractivity contribution in [3.63, 3.8) is 0 Å². The molecule has 1 aromatic heterocycles. The fraction of sp³-hybridized carbons (Fsp3) is 0.308. The molecule has 1 aliphatic heterocycles. The molecule has 0 saturated carbocycles. The summed E-state index contributed by atoms with van der Waals surface area (Å²) in [4.78, 5) is 2.29. The minimum Gasteiger partial charge on any atom is -0.365 e. The zero-order chi connectivity index (χ0) is 12.4. The van der Waals surface area contributed by atoms with Crippen LogP contribution < -0.4 is 10.2 Å². The van der Waals surface area contributed by atoms with Crippen molar-refractivity contribution in [2.75, 3.05) is 31.1 Å². The van der Waals surface area contributed by atoms with E-state index in [9.17, 15) is 0 Å². The van der Waals surface area contributed by atoms with E-state index in [1.54, 1.807) is 6.20 Å². The van der Waals surface area contributed by atoms with Crippen LogP contribution in [0.25, 0.3) is 11.3 Å². The van der Waals surface area contributed by atoms with E-state index in [-0.39, 0.29) is 0 Å². The van der Waals surface area contributed by atoms with Gasteiger partial charge in [0.15, 0.2) is 5.76 Å². The van der Waals surface area contributed by atoms with E-state index >= 15 is 0 Å². The standard InChI is InChI=1S/C13H14ClN3O/c14-11-3-1-10(2-4-11)13-12(9-16-18-13)17-7-5-15-6-8-17/h1-4,9,15H,5-8H2. The predicted molar refractivity (Wildman–Crippen MR) is 72.0 cm³/mol. The maximum atomic E-state index is 5.90. The van der Waals surface area contributed by atoms with Gasteiger partial charge in [0.05, 0.1) is 6.20 Å². The number of rotatable bonds is 2. The molecule has 0 bridgehead atoms. The highest BCUT2D eigenvalue weighted by Crippen LogP contribution is 2.31. The van der Waals surface area contributed by atoms with Crippen molar-refractivity contribution in [3.8, 4) is 11.3 Å². The van der Waals surface area contributed by atoms with E-state index in [0.717, 1.165) is 48.2 Å². The Morgan fingerprint density at radius 1 is 1.17 bits per heavy atom. The Morgan fingerprint density at radius 2 is 1.89 bits per heavy atom. The average Bonchev–Trinajstić information content (AvgIpc) is 2.90. The molecule has 2 heterocycles. The molecule has 0 radical (unpaired) electrons. The summed E-state index contributed by atoms with van der Waals surface area (Å²) >= 11 is 5.90. The molecule has 0 unspecified atom stereocenters. The lowest BCUT2D eigenvalue weighted by Gasteiger charge is -2.28. The summed E-state index contributed by atoms with van der Waals surface area (Å²) in [7, 11) is 0. The molecule has 0 amide bonds. The molecule has 5 heteroatoms. The second kappa shape index (κ2) is 5.00. The number of halogens is 1. The van der Waals surface area contributed by atoms with E-state index < -0.39 is 0 Å². The molecule has 3 rings (SSSR count). The Hall–Kier alpha value is -1.52.